The molecule has 8 heteroatoms. The molecule has 6 nitrogen and oxygen atoms in total. The van der Waals surface area contributed by atoms with E-state index in [0.717, 1.165) is 54.1 Å². The van der Waals surface area contributed by atoms with Crippen LogP contribution in [0, 0.1) is 6.92 Å². The average Bonchev–Trinajstić information content (AvgIpc) is 3.40. The second kappa shape index (κ2) is 8.99. The number of hydrogen-bond donors (Lipinski definition) is 1. The molecule has 0 amide bonds. The van der Waals surface area contributed by atoms with Gasteiger partial charge in [-0.05, 0) is 68.7 Å². The molecule has 35 heavy (non-hydrogen) atoms. The molecule has 1 N–H and O–H groups in total. The maximum atomic E-state index is 10.4. The minimum Gasteiger partial charge on any atom is -0.393 e. The van der Waals surface area contributed by atoms with Gasteiger partial charge in [0.15, 0.2) is 0 Å². The molecule has 0 spiro atoms. The van der Waals surface area contributed by atoms with Crippen LogP contribution in [0.5, 0.6) is 0 Å². The van der Waals surface area contributed by atoms with Gasteiger partial charge < -0.3 is 9.84 Å². The van der Waals surface area contributed by atoms with Gasteiger partial charge in [0.2, 0.25) is 0 Å². The predicted octanol–water partition coefficient (Wildman–Crippen LogP) is 6.72. The normalized spacial score (nSPS) is 13.1. The van der Waals surface area contributed by atoms with Crippen molar-refractivity contribution in [1.82, 2.24) is 19.7 Å². The van der Waals surface area contributed by atoms with Gasteiger partial charge >= 0.3 is 0 Å². The largest absolute Gasteiger partial charge is 0.393 e. The highest BCUT2D eigenvalue weighted by atomic mass is 35.5. The van der Waals surface area contributed by atoms with E-state index in [2.05, 4.69) is 22.2 Å². The van der Waals surface area contributed by atoms with Crippen molar-refractivity contribution in [3.05, 3.63) is 64.9 Å². The summed E-state index contributed by atoms with van der Waals surface area (Å²) < 4.78 is 9.17. The van der Waals surface area contributed by atoms with Crippen LogP contribution in [0.4, 0.5) is 0 Å². The molecule has 1 atom stereocenters. The first-order chi connectivity index (χ1) is 16.6. The molecular formula is C27H27ClN4O2S. The van der Waals surface area contributed by atoms with Gasteiger partial charge in [-0.2, -0.15) is 5.10 Å². The van der Waals surface area contributed by atoms with E-state index in [1.165, 1.54) is 0 Å². The zero-order valence-corrected chi connectivity index (χ0v) is 21.9. The van der Waals surface area contributed by atoms with Gasteiger partial charge in [-0.15, -0.1) is 11.3 Å². The number of aromatic nitrogens is 4. The molecule has 2 aromatic carbocycles. The minimum atomic E-state index is -0.483. The first-order valence-electron chi connectivity index (χ1n) is 11.4. The summed E-state index contributed by atoms with van der Waals surface area (Å²) in [7, 11) is 1.91. The predicted molar refractivity (Wildman–Crippen MR) is 143 cm³/mol. The van der Waals surface area contributed by atoms with Crippen LogP contribution < -0.4 is 0 Å². The van der Waals surface area contributed by atoms with Crippen molar-refractivity contribution >= 4 is 44.2 Å². The number of aryl methyl sites for hydroxylation is 2. The Balaban J connectivity index is 1.76. The number of aliphatic hydroxyl groups excluding tert-OH is 1. The fourth-order valence-corrected chi connectivity index (χ4v) is 5.64. The fraction of sp³-hybridized carbons (Fsp3) is 0.296. The third-order valence-corrected chi connectivity index (χ3v) is 7.28. The standard InChI is InChI=1S/C27H27ClN4O2S/c1-15-10-19-25(35-26(31-19)17-11-21-20(29-12-17)13-30-32(21)5)24(16-6-8-18(28)9-7-16)23(15)22(14-33)34-27(2,3)4/h6-13,22,33H,14H2,1-5H3. The Hall–Kier alpha value is -2.84. The number of thiazole rings is 1. The van der Waals surface area contributed by atoms with Crippen molar-refractivity contribution in [2.24, 2.45) is 7.05 Å². The summed E-state index contributed by atoms with van der Waals surface area (Å²) in [5.41, 5.74) is 7.22. The summed E-state index contributed by atoms with van der Waals surface area (Å²) in [4.78, 5) is 9.56. The lowest BCUT2D eigenvalue weighted by molar-refractivity contribution is -0.0821. The molecular weight excluding hydrogens is 480 g/mol. The van der Waals surface area contributed by atoms with Crippen molar-refractivity contribution < 1.29 is 9.84 Å². The minimum absolute atomic E-state index is 0.128. The van der Waals surface area contributed by atoms with Gasteiger partial charge in [0, 0.05) is 29.4 Å². The Morgan fingerprint density at radius 3 is 2.51 bits per heavy atom. The smallest absolute Gasteiger partial charge is 0.126 e. The summed E-state index contributed by atoms with van der Waals surface area (Å²) in [5, 5.41) is 16.2. The second-order valence-electron chi connectivity index (χ2n) is 9.65. The lowest BCUT2D eigenvalue weighted by Gasteiger charge is -2.29. The summed E-state index contributed by atoms with van der Waals surface area (Å²) in [6.07, 6.45) is 3.12. The van der Waals surface area contributed by atoms with E-state index in [9.17, 15) is 5.11 Å². The number of halogens is 1. The maximum absolute atomic E-state index is 10.4. The summed E-state index contributed by atoms with van der Waals surface area (Å²) in [6, 6.07) is 11.9. The molecule has 3 heterocycles. The number of pyridine rings is 1. The first-order valence-corrected chi connectivity index (χ1v) is 12.6. The third kappa shape index (κ3) is 4.57. The molecule has 0 fully saturated rings. The van der Waals surface area contributed by atoms with E-state index in [-0.39, 0.29) is 6.61 Å². The highest BCUT2D eigenvalue weighted by molar-refractivity contribution is 7.22. The quantitative estimate of drug-likeness (QED) is 0.286. The van der Waals surface area contributed by atoms with Gasteiger partial charge in [0.05, 0.1) is 34.1 Å². The summed E-state index contributed by atoms with van der Waals surface area (Å²) in [6.45, 7) is 7.91. The number of aliphatic hydroxyl groups is 1. The molecule has 0 radical (unpaired) electrons. The molecule has 0 saturated carbocycles. The van der Waals surface area contributed by atoms with Crippen molar-refractivity contribution in [3.8, 4) is 21.7 Å². The van der Waals surface area contributed by atoms with Crippen molar-refractivity contribution in [2.45, 2.75) is 39.4 Å². The van der Waals surface area contributed by atoms with Gasteiger partial charge in [-0.25, -0.2) is 4.98 Å². The van der Waals surface area contributed by atoms with E-state index < -0.39 is 11.7 Å². The number of nitrogens with zero attached hydrogens (tertiary/aromatic N) is 4. The van der Waals surface area contributed by atoms with Gasteiger partial charge in [-0.1, -0.05) is 23.7 Å². The van der Waals surface area contributed by atoms with Crippen molar-refractivity contribution in [2.75, 3.05) is 6.61 Å². The molecule has 0 saturated heterocycles. The Kier molecular flexibility index (Phi) is 6.13. The molecule has 1 unspecified atom stereocenters. The molecule has 3 aromatic heterocycles. The SMILES string of the molecule is Cc1cc2nc(-c3cnc4cnn(C)c4c3)sc2c(-c2ccc(Cl)cc2)c1C(CO)OC(C)(C)C. The van der Waals surface area contributed by atoms with Crippen LogP contribution in [0.2, 0.25) is 5.02 Å². The topological polar surface area (TPSA) is 73.1 Å². The monoisotopic (exact) mass is 506 g/mol. The van der Waals surface area contributed by atoms with E-state index in [1.54, 1.807) is 17.5 Å². The molecule has 0 aliphatic heterocycles. The van der Waals surface area contributed by atoms with E-state index in [1.807, 2.05) is 69.9 Å². The number of benzene rings is 2. The van der Waals surface area contributed by atoms with Crippen LogP contribution in [0.1, 0.15) is 38.0 Å². The Labute approximate surface area is 213 Å². The fourth-order valence-electron chi connectivity index (χ4n) is 4.41. The zero-order chi connectivity index (χ0) is 24.9. The van der Waals surface area contributed by atoms with Crippen molar-refractivity contribution in [3.63, 3.8) is 0 Å². The highest BCUT2D eigenvalue weighted by Gasteiger charge is 2.27. The van der Waals surface area contributed by atoms with Crippen LogP contribution in [0.25, 0.3) is 42.9 Å². The van der Waals surface area contributed by atoms with Gasteiger partial charge in [0.25, 0.3) is 0 Å². The van der Waals surface area contributed by atoms with Crippen LogP contribution in [0.15, 0.2) is 48.8 Å². The lowest BCUT2D eigenvalue weighted by Crippen LogP contribution is -2.25. The molecule has 180 valence electrons. The van der Waals surface area contributed by atoms with E-state index in [0.29, 0.717) is 5.02 Å². The lowest BCUT2D eigenvalue weighted by atomic mass is 9.91. The van der Waals surface area contributed by atoms with Crippen LogP contribution in [-0.2, 0) is 11.8 Å². The molecule has 0 aliphatic rings. The summed E-state index contributed by atoms with van der Waals surface area (Å²) >= 11 is 7.82. The second-order valence-corrected chi connectivity index (χ2v) is 11.1. The number of fused-ring (bicyclic) bond motifs is 2. The average molecular weight is 507 g/mol. The first kappa shape index (κ1) is 23.9. The highest BCUT2D eigenvalue weighted by Crippen LogP contribution is 2.44. The van der Waals surface area contributed by atoms with E-state index in [4.69, 9.17) is 21.3 Å². The maximum Gasteiger partial charge on any atom is 0.126 e. The Morgan fingerprint density at radius 2 is 1.83 bits per heavy atom. The third-order valence-electron chi connectivity index (χ3n) is 5.89. The van der Waals surface area contributed by atoms with Crippen LogP contribution in [0.3, 0.4) is 0 Å². The molecule has 5 rings (SSSR count). The number of hydrogen-bond acceptors (Lipinski definition) is 6. The number of ether oxygens (including phenoxy) is 1. The Morgan fingerprint density at radius 1 is 1.09 bits per heavy atom. The Bertz CT molecular complexity index is 1530. The van der Waals surface area contributed by atoms with E-state index >= 15 is 0 Å². The molecule has 0 bridgehead atoms. The van der Waals surface area contributed by atoms with Gasteiger partial charge in [-0.3, -0.25) is 9.67 Å². The molecule has 5 aromatic rings. The van der Waals surface area contributed by atoms with Gasteiger partial charge in [0.1, 0.15) is 16.6 Å². The van der Waals surface area contributed by atoms with Crippen LogP contribution in [-0.4, -0.2) is 37.1 Å². The number of rotatable bonds is 5. The summed E-state index contributed by atoms with van der Waals surface area (Å²) in [5.74, 6) is 0. The van der Waals surface area contributed by atoms with Crippen molar-refractivity contribution in [1.29, 1.82) is 0 Å². The zero-order valence-electron chi connectivity index (χ0n) is 20.3. The van der Waals surface area contributed by atoms with Crippen LogP contribution >= 0.6 is 22.9 Å². The molecule has 0 aliphatic carbocycles.